The third-order valence-corrected chi connectivity index (χ3v) is 2.78. The molecular weight excluding hydrogens is 176 g/mol. The molecule has 1 aliphatic heterocycles. The second kappa shape index (κ2) is 5.80. The highest BCUT2D eigenvalue weighted by molar-refractivity contribution is 7.95. The third-order valence-electron chi connectivity index (χ3n) is 1.77. The Balaban J connectivity index is 2.29. The molecule has 3 nitrogen and oxygen atoms in total. The van der Waals surface area contributed by atoms with Crippen LogP contribution in [-0.2, 0) is 13.7 Å². The highest BCUT2D eigenvalue weighted by Gasteiger charge is 2.25. The molecule has 0 aromatic heterocycles. The number of rotatable bonds is 4. The van der Waals surface area contributed by atoms with Gasteiger partial charge >= 0.3 is 0 Å². The molecule has 1 saturated heterocycles. The fraction of sp³-hybridized carbons (Fsp3) is 1.00. The molecule has 1 aliphatic rings. The Morgan fingerprint density at radius 1 is 1.67 bits per heavy atom. The zero-order valence-corrected chi connectivity index (χ0v) is 8.43. The molecule has 2 atom stereocenters. The smallest absolute Gasteiger partial charge is 0.171 e. The van der Waals surface area contributed by atoms with Crippen molar-refractivity contribution in [3.63, 3.8) is 0 Å². The minimum absolute atomic E-state index is 0.111. The van der Waals surface area contributed by atoms with E-state index in [1.54, 1.807) is 7.11 Å². The minimum Gasteiger partial charge on any atom is -0.355 e. The van der Waals surface area contributed by atoms with Crippen molar-refractivity contribution in [1.29, 1.82) is 0 Å². The van der Waals surface area contributed by atoms with Crippen LogP contribution in [0.5, 0.6) is 0 Å². The van der Waals surface area contributed by atoms with Gasteiger partial charge in [-0.2, -0.15) is 0 Å². The number of ether oxygens (including phenoxy) is 2. The second-order valence-electron chi connectivity index (χ2n) is 2.66. The van der Waals surface area contributed by atoms with Gasteiger partial charge in [0.2, 0.25) is 0 Å². The van der Waals surface area contributed by atoms with Crippen molar-refractivity contribution in [3.05, 3.63) is 0 Å². The largest absolute Gasteiger partial charge is 0.355 e. The van der Waals surface area contributed by atoms with Gasteiger partial charge in [-0.25, -0.2) is 0 Å². The van der Waals surface area contributed by atoms with Gasteiger partial charge in [0.05, 0.1) is 11.9 Å². The maximum atomic E-state index is 5.41. The lowest BCUT2D eigenvalue weighted by molar-refractivity contribution is -0.122. The van der Waals surface area contributed by atoms with Gasteiger partial charge in [0.15, 0.2) is 6.29 Å². The number of hydrogen-bond acceptors (Lipinski definition) is 4. The number of methoxy groups -OCH3 is 1. The van der Waals surface area contributed by atoms with Gasteiger partial charge in [0.1, 0.15) is 0 Å². The summed E-state index contributed by atoms with van der Waals surface area (Å²) < 4.78 is 15.9. The van der Waals surface area contributed by atoms with Crippen molar-refractivity contribution in [1.82, 2.24) is 0 Å². The van der Waals surface area contributed by atoms with E-state index in [4.69, 9.17) is 13.7 Å². The molecule has 4 heteroatoms. The van der Waals surface area contributed by atoms with Crippen LogP contribution < -0.4 is 0 Å². The summed E-state index contributed by atoms with van der Waals surface area (Å²) >= 11 is 1.49. The molecule has 1 rings (SSSR count). The molecule has 1 heterocycles. The molecule has 0 aromatic carbocycles. The zero-order valence-electron chi connectivity index (χ0n) is 7.62. The van der Waals surface area contributed by atoms with Crippen molar-refractivity contribution in [2.24, 2.45) is 0 Å². The normalized spacial score (nSPS) is 27.0. The molecule has 0 bridgehead atoms. The molecule has 0 aliphatic carbocycles. The predicted octanol–water partition coefficient (Wildman–Crippen LogP) is 1.82. The van der Waals surface area contributed by atoms with Crippen LogP contribution in [0.15, 0.2) is 0 Å². The van der Waals surface area contributed by atoms with E-state index in [0.29, 0.717) is 11.9 Å². The lowest BCUT2D eigenvalue weighted by atomic mass is 10.2. The van der Waals surface area contributed by atoms with Gasteiger partial charge in [0.25, 0.3) is 0 Å². The van der Waals surface area contributed by atoms with Gasteiger partial charge in [-0.15, -0.1) is 0 Å². The molecule has 2 unspecified atom stereocenters. The van der Waals surface area contributed by atoms with Gasteiger partial charge in [-0.3, -0.25) is 0 Å². The maximum Gasteiger partial charge on any atom is 0.171 e. The van der Waals surface area contributed by atoms with Gasteiger partial charge in [0, 0.05) is 13.7 Å². The van der Waals surface area contributed by atoms with Crippen LogP contribution in [0.3, 0.4) is 0 Å². The van der Waals surface area contributed by atoms with E-state index in [1.165, 1.54) is 12.0 Å². The quantitative estimate of drug-likeness (QED) is 0.501. The highest BCUT2D eigenvalue weighted by Crippen LogP contribution is 2.27. The molecule has 1 fully saturated rings. The van der Waals surface area contributed by atoms with E-state index in [9.17, 15) is 0 Å². The maximum absolute atomic E-state index is 5.41. The fourth-order valence-corrected chi connectivity index (χ4v) is 2.13. The summed E-state index contributed by atoms with van der Waals surface area (Å²) in [6.45, 7) is 3.51. The van der Waals surface area contributed by atoms with Crippen molar-refractivity contribution in [3.8, 4) is 0 Å². The molecule has 0 spiro atoms. The summed E-state index contributed by atoms with van der Waals surface area (Å²) in [5.41, 5.74) is 0. The zero-order chi connectivity index (χ0) is 8.81. The first-order valence-corrected chi connectivity index (χ1v) is 5.11. The van der Waals surface area contributed by atoms with Crippen LogP contribution in [0.4, 0.5) is 0 Å². The summed E-state index contributed by atoms with van der Waals surface area (Å²) in [7, 11) is 1.68. The molecule has 0 N–H and O–H groups in total. The summed E-state index contributed by atoms with van der Waals surface area (Å²) in [6, 6.07) is 0. The van der Waals surface area contributed by atoms with E-state index < -0.39 is 0 Å². The van der Waals surface area contributed by atoms with Crippen molar-refractivity contribution in [2.45, 2.75) is 31.3 Å². The van der Waals surface area contributed by atoms with Crippen molar-refractivity contribution in [2.75, 3.05) is 20.3 Å². The molecule has 72 valence electrons. The average Bonchev–Trinajstić information content (AvgIpc) is 2.15. The van der Waals surface area contributed by atoms with Crippen molar-refractivity contribution >= 4 is 12.0 Å². The van der Waals surface area contributed by atoms with E-state index >= 15 is 0 Å². The minimum atomic E-state index is -0.111. The Bertz CT molecular complexity index is 112. The van der Waals surface area contributed by atoms with Crippen LogP contribution in [0.25, 0.3) is 0 Å². The lowest BCUT2D eigenvalue weighted by Gasteiger charge is -2.27. The van der Waals surface area contributed by atoms with Gasteiger partial charge in [-0.1, -0.05) is 0 Å². The molecule has 0 aromatic rings. The SMILES string of the molecule is CCOC(OC)C1CCCOS1. The van der Waals surface area contributed by atoms with Crippen LogP contribution in [0, 0.1) is 0 Å². The van der Waals surface area contributed by atoms with E-state index in [-0.39, 0.29) is 6.29 Å². The van der Waals surface area contributed by atoms with E-state index in [0.717, 1.165) is 19.4 Å². The molecule has 0 radical (unpaired) electrons. The first kappa shape index (κ1) is 10.3. The van der Waals surface area contributed by atoms with E-state index in [1.807, 2.05) is 6.92 Å². The van der Waals surface area contributed by atoms with E-state index in [2.05, 4.69) is 0 Å². The molecular formula is C8H16O3S. The van der Waals surface area contributed by atoms with Gasteiger partial charge < -0.3 is 13.7 Å². The van der Waals surface area contributed by atoms with Crippen molar-refractivity contribution < 1.29 is 13.7 Å². The van der Waals surface area contributed by atoms with Crippen LogP contribution in [-0.4, -0.2) is 31.9 Å². The Hall–Kier alpha value is 0.230. The summed E-state index contributed by atoms with van der Waals surface area (Å²) in [4.78, 5) is 0. The van der Waals surface area contributed by atoms with Crippen LogP contribution >= 0.6 is 12.0 Å². The Labute approximate surface area is 78.0 Å². The Morgan fingerprint density at radius 3 is 3.00 bits per heavy atom. The summed E-state index contributed by atoms with van der Waals surface area (Å²) in [6.07, 6.45) is 2.11. The monoisotopic (exact) mass is 192 g/mol. The Kier molecular flexibility index (Phi) is 4.99. The third kappa shape index (κ3) is 2.94. The second-order valence-corrected chi connectivity index (χ2v) is 3.69. The lowest BCUT2D eigenvalue weighted by Crippen LogP contribution is -2.30. The summed E-state index contributed by atoms with van der Waals surface area (Å²) in [5.74, 6) is 0. The summed E-state index contributed by atoms with van der Waals surface area (Å²) in [5, 5.41) is 0.337. The van der Waals surface area contributed by atoms with Crippen LogP contribution in [0.1, 0.15) is 19.8 Å². The fourth-order valence-electron chi connectivity index (χ4n) is 1.20. The number of hydrogen-bond donors (Lipinski definition) is 0. The molecule has 0 amide bonds. The van der Waals surface area contributed by atoms with Crippen LogP contribution in [0.2, 0.25) is 0 Å². The standard InChI is InChI=1S/C8H16O3S/c1-3-10-8(9-2)7-5-4-6-11-12-7/h7-8H,3-6H2,1-2H3. The first-order chi connectivity index (χ1) is 5.88. The topological polar surface area (TPSA) is 27.7 Å². The highest BCUT2D eigenvalue weighted by atomic mass is 32.2. The first-order valence-electron chi connectivity index (χ1n) is 4.31. The van der Waals surface area contributed by atoms with Gasteiger partial charge in [-0.05, 0) is 31.8 Å². The predicted molar refractivity (Wildman–Crippen MR) is 49.0 cm³/mol. The Morgan fingerprint density at radius 2 is 2.50 bits per heavy atom. The average molecular weight is 192 g/mol. The molecule has 12 heavy (non-hydrogen) atoms. The molecule has 0 saturated carbocycles.